The van der Waals surface area contributed by atoms with Crippen LogP contribution < -0.4 is 0 Å². The number of carbonyl (C=O) groups excluding carboxylic acids is 2. The summed E-state index contributed by atoms with van der Waals surface area (Å²) in [5.74, 6) is 0.143. The number of nitrogens with zero attached hydrogens (tertiary/aromatic N) is 2. The summed E-state index contributed by atoms with van der Waals surface area (Å²) < 4.78 is 0. The molecule has 1 aromatic carbocycles. The van der Waals surface area contributed by atoms with Gasteiger partial charge >= 0.3 is 0 Å². The molecule has 1 atom stereocenters. The summed E-state index contributed by atoms with van der Waals surface area (Å²) in [5, 5.41) is 10.5. The first kappa shape index (κ1) is 14.2. The third-order valence-corrected chi connectivity index (χ3v) is 3.61. The summed E-state index contributed by atoms with van der Waals surface area (Å²) in [6.07, 6.45) is 1.43. The van der Waals surface area contributed by atoms with Gasteiger partial charge in [0, 0.05) is 30.7 Å². The minimum atomic E-state index is -0.510. The highest BCUT2D eigenvalue weighted by Gasteiger charge is 2.29. The number of Topliss-reactive ketones (excluding diaryl/α,β-unsaturated/α-hetero) is 1. The van der Waals surface area contributed by atoms with E-state index in [-0.39, 0.29) is 23.9 Å². The molecule has 0 saturated carbocycles. The fourth-order valence-electron chi connectivity index (χ4n) is 2.31. The van der Waals surface area contributed by atoms with Crippen LogP contribution in [0.1, 0.15) is 30.1 Å². The third kappa shape index (κ3) is 3.01. The molecule has 1 saturated heterocycles. The lowest BCUT2D eigenvalue weighted by Gasteiger charge is -2.15. The van der Waals surface area contributed by atoms with E-state index in [2.05, 4.69) is 0 Å². The number of carbonyl (C=O) groups is 2. The van der Waals surface area contributed by atoms with Crippen molar-refractivity contribution < 1.29 is 14.5 Å². The molecule has 6 nitrogen and oxygen atoms in total. The van der Waals surface area contributed by atoms with Crippen molar-refractivity contribution in [1.82, 2.24) is 4.90 Å². The molecule has 1 unspecified atom stereocenters. The summed E-state index contributed by atoms with van der Waals surface area (Å²) in [7, 11) is 0. The predicted octanol–water partition coefficient (Wildman–Crippen LogP) is 2.04. The van der Waals surface area contributed by atoms with Crippen LogP contribution in [0.3, 0.4) is 0 Å². The second-order valence-electron chi connectivity index (χ2n) is 4.98. The van der Waals surface area contributed by atoms with Crippen LogP contribution in [0.25, 0.3) is 0 Å². The van der Waals surface area contributed by atoms with Gasteiger partial charge in [-0.25, -0.2) is 0 Å². The van der Waals surface area contributed by atoms with Gasteiger partial charge in [-0.05, 0) is 18.1 Å². The van der Waals surface area contributed by atoms with Crippen LogP contribution in [0.2, 0.25) is 0 Å². The molecule has 1 aromatic rings. The fraction of sp³-hybridized carbons (Fsp3) is 0.429. The Balaban J connectivity index is 2.01. The number of likely N-dealkylation sites (tertiary alicyclic amines) is 1. The SMILES string of the molecule is CCC1CC(=O)N(CC(=O)c2ccc([N+](=O)[O-])cc2)C1. The number of rotatable bonds is 5. The van der Waals surface area contributed by atoms with E-state index >= 15 is 0 Å². The van der Waals surface area contributed by atoms with Gasteiger partial charge in [0.1, 0.15) is 0 Å². The molecule has 1 amide bonds. The zero-order chi connectivity index (χ0) is 14.7. The minimum Gasteiger partial charge on any atom is -0.335 e. The van der Waals surface area contributed by atoms with Crippen LogP contribution in [0.15, 0.2) is 24.3 Å². The van der Waals surface area contributed by atoms with Gasteiger partial charge in [-0.3, -0.25) is 19.7 Å². The van der Waals surface area contributed by atoms with Crippen molar-refractivity contribution in [2.24, 2.45) is 5.92 Å². The van der Waals surface area contributed by atoms with Gasteiger partial charge < -0.3 is 4.90 Å². The van der Waals surface area contributed by atoms with Crippen LogP contribution in [0.4, 0.5) is 5.69 Å². The predicted molar refractivity (Wildman–Crippen MR) is 72.4 cm³/mol. The van der Waals surface area contributed by atoms with Crippen molar-refractivity contribution in [3.63, 3.8) is 0 Å². The molecule has 0 aromatic heterocycles. The molecule has 0 spiro atoms. The smallest absolute Gasteiger partial charge is 0.269 e. The van der Waals surface area contributed by atoms with Gasteiger partial charge in [-0.2, -0.15) is 0 Å². The number of non-ortho nitro benzene ring substituents is 1. The van der Waals surface area contributed by atoms with Crippen LogP contribution >= 0.6 is 0 Å². The van der Waals surface area contributed by atoms with E-state index in [0.717, 1.165) is 6.42 Å². The maximum atomic E-state index is 12.1. The molecule has 20 heavy (non-hydrogen) atoms. The normalized spacial score (nSPS) is 18.4. The molecular weight excluding hydrogens is 260 g/mol. The summed E-state index contributed by atoms with van der Waals surface area (Å²) in [5.41, 5.74) is 0.341. The fourth-order valence-corrected chi connectivity index (χ4v) is 2.31. The van der Waals surface area contributed by atoms with E-state index in [1.165, 1.54) is 24.3 Å². The summed E-state index contributed by atoms with van der Waals surface area (Å²) in [4.78, 5) is 35.4. The van der Waals surface area contributed by atoms with Crippen LogP contribution in [-0.4, -0.2) is 34.6 Å². The van der Waals surface area contributed by atoms with Crippen molar-refractivity contribution in [3.05, 3.63) is 39.9 Å². The van der Waals surface area contributed by atoms with Crippen molar-refractivity contribution in [2.45, 2.75) is 19.8 Å². The Morgan fingerprint density at radius 3 is 2.55 bits per heavy atom. The van der Waals surface area contributed by atoms with E-state index < -0.39 is 4.92 Å². The van der Waals surface area contributed by atoms with E-state index in [1.54, 1.807) is 4.90 Å². The number of benzene rings is 1. The molecule has 1 aliphatic heterocycles. The van der Waals surface area contributed by atoms with Crippen LogP contribution in [-0.2, 0) is 4.79 Å². The van der Waals surface area contributed by atoms with Gasteiger partial charge in [-0.15, -0.1) is 0 Å². The molecule has 6 heteroatoms. The monoisotopic (exact) mass is 276 g/mol. The van der Waals surface area contributed by atoms with Gasteiger partial charge in [0.15, 0.2) is 5.78 Å². The lowest BCUT2D eigenvalue weighted by Crippen LogP contribution is -2.31. The Labute approximate surface area is 116 Å². The van der Waals surface area contributed by atoms with Crippen LogP contribution in [0, 0.1) is 16.0 Å². The van der Waals surface area contributed by atoms with E-state index in [1.807, 2.05) is 6.92 Å². The summed E-state index contributed by atoms with van der Waals surface area (Å²) >= 11 is 0. The Morgan fingerprint density at radius 1 is 1.40 bits per heavy atom. The summed E-state index contributed by atoms with van der Waals surface area (Å²) in [6.45, 7) is 2.70. The Morgan fingerprint density at radius 2 is 2.05 bits per heavy atom. The standard InChI is InChI=1S/C14H16N2O4/c1-2-10-7-14(18)15(8-10)9-13(17)11-3-5-12(6-4-11)16(19)20/h3-6,10H,2,7-9H2,1H3. The Hall–Kier alpha value is -2.24. The maximum absolute atomic E-state index is 12.1. The first-order valence-corrected chi connectivity index (χ1v) is 6.56. The second kappa shape index (κ2) is 5.81. The zero-order valence-electron chi connectivity index (χ0n) is 11.2. The third-order valence-electron chi connectivity index (χ3n) is 3.61. The molecule has 0 N–H and O–H groups in total. The minimum absolute atomic E-state index is 0.00658. The largest absolute Gasteiger partial charge is 0.335 e. The van der Waals surface area contributed by atoms with Gasteiger partial charge in [0.2, 0.25) is 5.91 Å². The van der Waals surface area contributed by atoms with Crippen molar-refractivity contribution in [1.29, 1.82) is 0 Å². The number of nitro groups is 1. The molecule has 0 radical (unpaired) electrons. The second-order valence-corrected chi connectivity index (χ2v) is 4.98. The van der Waals surface area contributed by atoms with Gasteiger partial charge in [0.05, 0.1) is 11.5 Å². The first-order valence-electron chi connectivity index (χ1n) is 6.56. The first-order chi connectivity index (χ1) is 9.51. The van der Waals surface area contributed by atoms with Crippen molar-refractivity contribution >= 4 is 17.4 Å². The maximum Gasteiger partial charge on any atom is 0.269 e. The number of ketones is 1. The number of hydrogen-bond donors (Lipinski definition) is 0. The Kier molecular flexibility index (Phi) is 4.12. The van der Waals surface area contributed by atoms with E-state index in [0.29, 0.717) is 24.4 Å². The molecule has 1 aliphatic rings. The number of amides is 1. The average Bonchev–Trinajstić information content (AvgIpc) is 2.79. The highest BCUT2D eigenvalue weighted by Crippen LogP contribution is 2.21. The molecular formula is C14H16N2O4. The molecule has 0 bridgehead atoms. The molecule has 1 fully saturated rings. The lowest BCUT2D eigenvalue weighted by molar-refractivity contribution is -0.384. The van der Waals surface area contributed by atoms with Gasteiger partial charge in [-0.1, -0.05) is 13.3 Å². The number of hydrogen-bond acceptors (Lipinski definition) is 4. The molecule has 0 aliphatic carbocycles. The number of nitro benzene ring substituents is 1. The van der Waals surface area contributed by atoms with Crippen molar-refractivity contribution in [3.8, 4) is 0 Å². The average molecular weight is 276 g/mol. The Bertz CT molecular complexity index is 539. The highest BCUT2D eigenvalue weighted by atomic mass is 16.6. The highest BCUT2D eigenvalue weighted by molar-refractivity contribution is 5.99. The lowest BCUT2D eigenvalue weighted by atomic mass is 10.1. The van der Waals surface area contributed by atoms with Crippen molar-refractivity contribution in [2.75, 3.05) is 13.1 Å². The topological polar surface area (TPSA) is 80.5 Å². The zero-order valence-corrected chi connectivity index (χ0v) is 11.2. The van der Waals surface area contributed by atoms with Gasteiger partial charge in [0.25, 0.3) is 5.69 Å². The molecule has 1 heterocycles. The molecule has 106 valence electrons. The summed E-state index contributed by atoms with van der Waals surface area (Å²) in [6, 6.07) is 5.46. The van der Waals surface area contributed by atoms with E-state index in [4.69, 9.17) is 0 Å². The van der Waals surface area contributed by atoms with Crippen LogP contribution in [0.5, 0.6) is 0 Å². The van der Waals surface area contributed by atoms with E-state index in [9.17, 15) is 19.7 Å². The molecule has 2 rings (SSSR count). The quantitative estimate of drug-likeness (QED) is 0.468.